The molecular weight excluding hydrogens is 388 g/mol. The average Bonchev–Trinajstić information content (AvgIpc) is 3.26. The first-order valence-corrected chi connectivity index (χ1v) is 9.12. The van der Waals surface area contributed by atoms with E-state index in [0.29, 0.717) is 17.0 Å². The molecule has 9 nitrogen and oxygen atoms in total. The summed E-state index contributed by atoms with van der Waals surface area (Å²) < 4.78 is 5.37. The molecule has 2 heterocycles. The number of hydrogen-bond donors (Lipinski definition) is 1. The lowest BCUT2D eigenvalue weighted by molar-refractivity contribution is -0.385. The lowest BCUT2D eigenvalue weighted by atomic mass is 10.1. The van der Waals surface area contributed by atoms with Crippen LogP contribution in [0.25, 0.3) is 0 Å². The maximum absolute atomic E-state index is 13.3. The molecule has 0 bridgehead atoms. The van der Waals surface area contributed by atoms with Crippen molar-refractivity contribution in [3.05, 3.63) is 93.2 Å². The molecular formula is C21H20N4O5. The van der Waals surface area contributed by atoms with Gasteiger partial charge in [0.1, 0.15) is 12.0 Å². The second-order valence-corrected chi connectivity index (χ2v) is 6.60. The number of hydrogen-bond acceptors (Lipinski definition) is 6. The minimum absolute atomic E-state index is 0.151. The summed E-state index contributed by atoms with van der Waals surface area (Å²) in [5, 5.41) is 13.7. The molecule has 0 saturated heterocycles. The molecule has 1 N–H and O–H groups in total. The SMILES string of the molecule is CNC(=O)c1ccc(CN(Cc2ccco2)C(=O)c2cc([N+](=O)[O-])cnc2C)cc1. The molecule has 0 unspecified atom stereocenters. The number of carbonyl (C=O) groups excluding carboxylic acids is 2. The van der Waals surface area contributed by atoms with Gasteiger partial charge in [0.25, 0.3) is 17.5 Å². The van der Waals surface area contributed by atoms with Crippen LogP contribution in [0.15, 0.2) is 59.3 Å². The Kier molecular flexibility index (Phi) is 6.21. The van der Waals surface area contributed by atoms with Gasteiger partial charge in [-0.05, 0) is 36.8 Å². The normalized spacial score (nSPS) is 10.5. The Morgan fingerprint density at radius 2 is 1.93 bits per heavy atom. The number of aromatic nitrogens is 1. The van der Waals surface area contributed by atoms with E-state index in [-0.39, 0.29) is 30.2 Å². The summed E-state index contributed by atoms with van der Waals surface area (Å²) in [5.74, 6) is -0.0415. The van der Waals surface area contributed by atoms with Crippen LogP contribution in [-0.2, 0) is 13.1 Å². The highest BCUT2D eigenvalue weighted by Gasteiger charge is 2.23. The van der Waals surface area contributed by atoms with E-state index in [1.54, 1.807) is 50.4 Å². The zero-order valence-electron chi connectivity index (χ0n) is 16.5. The second kappa shape index (κ2) is 8.99. The molecule has 0 atom stereocenters. The molecule has 2 aromatic heterocycles. The highest BCUT2D eigenvalue weighted by molar-refractivity contribution is 5.96. The van der Waals surface area contributed by atoms with Gasteiger partial charge in [0.05, 0.1) is 29.0 Å². The highest BCUT2D eigenvalue weighted by atomic mass is 16.6. The molecule has 1 aromatic carbocycles. The number of benzene rings is 1. The smallest absolute Gasteiger partial charge is 0.288 e. The second-order valence-electron chi connectivity index (χ2n) is 6.60. The Bertz CT molecular complexity index is 1060. The van der Waals surface area contributed by atoms with Crippen LogP contribution in [0.4, 0.5) is 5.69 Å². The summed E-state index contributed by atoms with van der Waals surface area (Å²) >= 11 is 0. The predicted octanol–water partition coefficient (Wildman–Crippen LogP) is 3.09. The molecule has 0 spiro atoms. The lowest BCUT2D eigenvalue weighted by Crippen LogP contribution is -2.31. The predicted molar refractivity (Wildman–Crippen MR) is 108 cm³/mol. The summed E-state index contributed by atoms with van der Waals surface area (Å²) in [6, 6.07) is 11.5. The molecule has 0 aliphatic rings. The number of nitrogens with zero attached hydrogens (tertiary/aromatic N) is 3. The van der Waals surface area contributed by atoms with E-state index in [2.05, 4.69) is 10.3 Å². The third kappa shape index (κ3) is 4.69. The van der Waals surface area contributed by atoms with Gasteiger partial charge in [0.2, 0.25) is 0 Å². The monoisotopic (exact) mass is 408 g/mol. The van der Waals surface area contributed by atoms with Crippen molar-refractivity contribution in [3.63, 3.8) is 0 Å². The van der Waals surface area contributed by atoms with Crippen molar-refractivity contribution in [2.24, 2.45) is 0 Å². The Balaban J connectivity index is 1.91. The van der Waals surface area contributed by atoms with Gasteiger partial charge in [-0.2, -0.15) is 0 Å². The molecule has 2 amide bonds. The van der Waals surface area contributed by atoms with E-state index in [9.17, 15) is 19.7 Å². The molecule has 0 aliphatic carbocycles. The van der Waals surface area contributed by atoms with Crippen molar-refractivity contribution >= 4 is 17.5 Å². The molecule has 30 heavy (non-hydrogen) atoms. The van der Waals surface area contributed by atoms with Crippen LogP contribution in [0, 0.1) is 17.0 Å². The molecule has 0 aliphatic heterocycles. The maximum atomic E-state index is 13.3. The van der Waals surface area contributed by atoms with Crippen molar-refractivity contribution in [2.45, 2.75) is 20.0 Å². The topological polar surface area (TPSA) is 119 Å². The van der Waals surface area contributed by atoms with Crippen LogP contribution in [0.2, 0.25) is 0 Å². The largest absolute Gasteiger partial charge is 0.467 e. The van der Waals surface area contributed by atoms with Gasteiger partial charge in [-0.3, -0.25) is 24.7 Å². The minimum Gasteiger partial charge on any atom is -0.467 e. The number of furan rings is 1. The third-order valence-electron chi connectivity index (χ3n) is 4.54. The first-order chi connectivity index (χ1) is 14.4. The van der Waals surface area contributed by atoms with Gasteiger partial charge in [-0.25, -0.2) is 0 Å². The van der Waals surface area contributed by atoms with Crippen molar-refractivity contribution in [3.8, 4) is 0 Å². The molecule has 0 fully saturated rings. The van der Waals surface area contributed by atoms with Crippen LogP contribution in [-0.4, -0.2) is 33.7 Å². The summed E-state index contributed by atoms with van der Waals surface area (Å²) in [4.78, 5) is 41.0. The van der Waals surface area contributed by atoms with E-state index in [4.69, 9.17) is 4.42 Å². The van der Waals surface area contributed by atoms with E-state index < -0.39 is 10.8 Å². The summed E-state index contributed by atoms with van der Waals surface area (Å²) in [7, 11) is 1.55. The van der Waals surface area contributed by atoms with E-state index in [1.807, 2.05) is 0 Å². The molecule has 0 radical (unpaired) electrons. The Morgan fingerprint density at radius 1 is 1.20 bits per heavy atom. The van der Waals surface area contributed by atoms with Gasteiger partial charge in [-0.15, -0.1) is 0 Å². The fourth-order valence-corrected chi connectivity index (χ4v) is 2.93. The fraction of sp³-hybridized carbons (Fsp3) is 0.190. The number of amides is 2. The Labute approximate surface area is 172 Å². The van der Waals surface area contributed by atoms with Gasteiger partial charge in [-0.1, -0.05) is 12.1 Å². The fourth-order valence-electron chi connectivity index (χ4n) is 2.93. The van der Waals surface area contributed by atoms with Crippen molar-refractivity contribution < 1.29 is 18.9 Å². The summed E-state index contributed by atoms with van der Waals surface area (Å²) in [6.07, 6.45) is 2.64. The molecule has 9 heteroatoms. The third-order valence-corrected chi connectivity index (χ3v) is 4.54. The first kappa shape index (κ1) is 20.7. The number of nitrogens with one attached hydrogen (secondary N) is 1. The lowest BCUT2D eigenvalue weighted by Gasteiger charge is -2.22. The van der Waals surface area contributed by atoms with E-state index in [0.717, 1.165) is 11.8 Å². The Morgan fingerprint density at radius 3 is 2.53 bits per heavy atom. The highest BCUT2D eigenvalue weighted by Crippen LogP contribution is 2.20. The quantitative estimate of drug-likeness (QED) is 0.474. The van der Waals surface area contributed by atoms with Gasteiger partial charge >= 0.3 is 0 Å². The first-order valence-electron chi connectivity index (χ1n) is 9.12. The van der Waals surface area contributed by atoms with Crippen molar-refractivity contribution in [1.82, 2.24) is 15.2 Å². The number of aryl methyl sites for hydroxylation is 1. The summed E-state index contributed by atoms with van der Waals surface area (Å²) in [5.41, 5.74) is 1.59. The van der Waals surface area contributed by atoms with Crippen molar-refractivity contribution in [1.29, 1.82) is 0 Å². The molecule has 3 aromatic rings. The van der Waals surface area contributed by atoms with Gasteiger partial charge in [0, 0.05) is 25.2 Å². The Hall–Kier alpha value is -4.01. The number of nitro groups is 1. The number of pyridine rings is 1. The minimum atomic E-state index is -0.586. The van der Waals surface area contributed by atoms with E-state index >= 15 is 0 Å². The van der Waals surface area contributed by atoms with Crippen LogP contribution >= 0.6 is 0 Å². The van der Waals surface area contributed by atoms with Gasteiger partial charge in [0.15, 0.2) is 0 Å². The molecule has 3 rings (SSSR count). The molecule has 154 valence electrons. The number of rotatable bonds is 7. The zero-order chi connectivity index (χ0) is 21.7. The summed E-state index contributed by atoms with van der Waals surface area (Å²) in [6.45, 7) is 2.01. The van der Waals surface area contributed by atoms with Crippen LogP contribution in [0.3, 0.4) is 0 Å². The van der Waals surface area contributed by atoms with Gasteiger partial charge < -0.3 is 14.6 Å². The van der Waals surface area contributed by atoms with Crippen molar-refractivity contribution in [2.75, 3.05) is 7.05 Å². The number of carbonyl (C=O) groups is 2. The van der Waals surface area contributed by atoms with Crippen LogP contribution in [0.5, 0.6) is 0 Å². The maximum Gasteiger partial charge on any atom is 0.288 e. The standard InChI is InChI=1S/C21H20N4O5/c1-14-19(10-17(11-23-14)25(28)29)21(27)24(13-18-4-3-9-30-18)12-15-5-7-16(8-6-15)20(26)22-2/h3-11H,12-13H2,1-2H3,(H,22,26). The zero-order valence-corrected chi connectivity index (χ0v) is 16.5. The van der Waals surface area contributed by atoms with Crippen LogP contribution < -0.4 is 5.32 Å². The average molecular weight is 408 g/mol. The van der Waals surface area contributed by atoms with E-state index in [1.165, 1.54) is 17.2 Å². The molecule has 0 saturated carbocycles. The van der Waals surface area contributed by atoms with Crippen LogP contribution in [0.1, 0.15) is 37.7 Å².